The highest BCUT2D eigenvalue weighted by Gasteiger charge is 3.02. The van der Waals surface area contributed by atoms with E-state index in [1.54, 1.807) is 0 Å². The summed E-state index contributed by atoms with van der Waals surface area (Å²) in [5, 5.41) is 0.918. The van der Waals surface area contributed by atoms with Crippen LogP contribution in [-0.2, 0) is 4.79 Å². The Morgan fingerprint density at radius 2 is 0.972 bits per heavy atom. The van der Waals surface area contributed by atoms with Crippen LogP contribution in [0.25, 0.3) is 0 Å². The molecule has 0 bridgehead atoms. The number of anilines is 1. The van der Waals surface area contributed by atoms with Crippen LogP contribution in [-0.4, -0.2) is 52.8 Å². The van der Waals surface area contributed by atoms with Gasteiger partial charge in [-0.15, -0.1) is 0 Å². The van der Waals surface area contributed by atoms with E-state index in [0.29, 0.717) is 6.07 Å². The molecule has 0 spiro atoms. The zero-order valence-corrected chi connectivity index (χ0v) is 16.9. The Balaban J connectivity index is 1.87. The molecule has 2 aromatic rings. The number of hydrogen-bond acceptors (Lipinski definition) is 3. The van der Waals surface area contributed by atoms with Crippen LogP contribution < -0.4 is 5.32 Å². The van der Waals surface area contributed by atoms with Gasteiger partial charge in [0, 0.05) is 16.7 Å². The minimum Gasteiger partial charge on any atom is -0.322 e. The average molecular weight is 531 g/mol. The molecule has 0 radical (unpaired) electrons. The van der Waals surface area contributed by atoms with Crippen molar-refractivity contribution in [3.63, 3.8) is 0 Å². The van der Waals surface area contributed by atoms with Gasteiger partial charge in [0.2, 0.25) is 0 Å². The van der Waals surface area contributed by atoms with Crippen molar-refractivity contribution >= 4 is 23.2 Å². The minimum atomic E-state index is -7.49. The van der Waals surface area contributed by atoms with Crippen LogP contribution in [0.5, 0.6) is 0 Å². The van der Waals surface area contributed by atoms with Crippen LogP contribution in [0.2, 0.25) is 0 Å². The Labute approximate surface area is 192 Å². The van der Waals surface area contributed by atoms with Crippen LogP contribution in [0.1, 0.15) is 31.8 Å². The van der Waals surface area contributed by atoms with Gasteiger partial charge in [-0.05, 0) is 6.07 Å². The van der Waals surface area contributed by atoms with Gasteiger partial charge in [0.1, 0.15) is 0 Å². The molecule has 0 aliphatic heterocycles. The van der Waals surface area contributed by atoms with E-state index in [-0.39, 0.29) is 11.1 Å². The number of hydrogen-bond donors (Lipinski definition) is 1. The zero-order chi connectivity index (χ0) is 27.3. The SMILES string of the molecule is O=C1c2ccccc2C(=O)c2c(NC(=O)C3(F)C(F)(F)C(F)(F)C(F)(F)C(F)(F)C3(F)F)cccc21. The van der Waals surface area contributed by atoms with Crippen molar-refractivity contribution < 1.29 is 62.7 Å². The Morgan fingerprint density at radius 3 is 1.47 bits per heavy atom. The molecule has 0 unspecified atom stereocenters. The number of nitrogens with one attached hydrogen (secondary N) is 1. The molecule has 1 amide bonds. The molecule has 2 aliphatic carbocycles. The molecule has 1 N–H and O–H groups in total. The maximum Gasteiger partial charge on any atom is 0.384 e. The summed E-state index contributed by atoms with van der Waals surface area (Å²) in [6, 6.07) is 7.21. The molecule has 0 heterocycles. The van der Waals surface area contributed by atoms with E-state index in [1.807, 2.05) is 0 Å². The molecule has 36 heavy (non-hydrogen) atoms. The molecule has 4 nitrogen and oxygen atoms in total. The van der Waals surface area contributed by atoms with Gasteiger partial charge in [0.05, 0.1) is 11.3 Å². The van der Waals surface area contributed by atoms with E-state index < -0.39 is 69.6 Å². The van der Waals surface area contributed by atoms with Gasteiger partial charge in [0.25, 0.3) is 5.91 Å². The molecule has 2 aromatic carbocycles. The van der Waals surface area contributed by atoms with Crippen LogP contribution in [0.3, 0.4) is 0 Å². The number of rotatable bonds is 2. The Morgan fingerprint density at radius 1 is 0.556 bits per heavy atom. The van der Waals surface area contributed by atoms with Crippen LogP contribution >= 0.6 is 0 Å². The van der Waals surface area contributed by atoms with Gasteiger partial charge < -0.3 is 5.32 Å². The van der Waals surface area contributed by atoms with Crippen LogP contribution in [0.4, 0.5) is 54.0 Å². The Hall–Kier alpha value is -3.52. The van der Waals surface area contributed by atoms with Crippen molar-refractivity contribution in [3.8, 4) is 0 Å². The van der Waals surface area contributed by atoms with Gasteiger partial charge in [-0.3, -0.25) is 14.4 Å². The minimum absolute atomic E-state index is 0.188. The summed E-state index contributed by atoms with van der Waals surface area (Å²) in [4.78, 5) is 37.7. The highest BCUT2D eigenvalue weighted by atomic mass is 19.4. The first-order chi connectivity index (χ1) is 16.3. The number of alkyl halides is 11. The lowest BCUT2D eigenvalue weighted by Gasteiger charge is -2.51. The highest BCUT2D eigenvalue weighted by molar-refractivity contribution is 6.30. The Kier molecular flexibility index (Phi) is 5.00. The number of amides is 1. The number of ketones is 2. The number of benzene rings is 2. The second kappa shape index (κ2) is 7.03. The summed E-state index contributed by atoms with van der Waals surface area (Å²) in [5.74, 6) is -42.9. The number of fused-ring (bicyclic) bond motifs is 2. The number of halogens is 11. The first kappa shape index (κ1) is 25.6. The van der Waals surface area contributed by atoms with E-state index in [4.69, 9.17) is 0 Å². The molecule has 4 rings (SSSR count). The lowest BCUT2D eigenvalue weighted by Crippen LogP contribution is -2.86. The smallest absolute Gasteiger partial charge is 0.322 e. The zero-order valence-electron chi connectivity index (χ0n) is 16.9. The summed E-state index contributed by atoms with van der Waals surface area (Å²) < 4.78 is 153. The van der Waals surface area contributed by atoms with Crippen molar-refractivity contribution in [2.24, 2.45) is 0 Å². The quantitative estimate of drug-likeness (QED) is 0.457. The van der Waals surface area contributed by atoms with Crippen molar-refractivity contribution in [3.05, 3.63) is 64.7 Å². The first-order valence-corrected chi connectivity index (χ1v) is 9.51. The van der Waals surface area contributed by atoms with Crippen molar-refractivity contribution in [2.75, 3.05) is 5.32 Å². The second-order valence-corrected chi connectivity index (χ2v) is 7.92. The molecule has 0 atom stereocenters. The van der Waals surface area contributed by atoms with E-state index in [1.165, 1.54) is 18.2 Å². The molecule has 15 heteroatoms. The van der Waals surface area contributed by atoms with Gasteiger partial charge in [0.15, 0.2) is 11.6 Å². The lowest BCUT2D eigenvalue weighted by molar-refractivity contribution is -0.475. The van der Waals surface area contributed by atoms with Gasteiger partial charge in [-0.25, -0.2) is 4.39 Å². The largest absolute Gasteiger partial charge is 0.384 e. The number of carbonyl (C=O) groups excluding carboxylic acids is 3. The molecule has 1 saturated carbocycles. The molecular weight excluding hydrogens is 523 g/mol. The maximum absolute atomic E-state index is 15.0. The maximum atomic E-state index is 15.0. The van der Waals surface area contributed by atoms with E-state index in [9.17, 15) is 58.3 Å². The standard InChI is InChI=1S/C21H8F11NO3/c22-16(17(23,24)19(27,28)21(31,32)20(29,30)18(16,25)26)15(36)33-11-7-3-6-10-12(11)14(35)9-5-2-1-4-8(9)13(10)34/h1-7H,(H,33,36). The van der Waals surface area contributed by atoms with Crippen molar-refractivity contribution in [1.82, 2.24) is 0 Å². The topological polar surface area (TPSA) is 63.2 Å². The van der Waals surface area contributed by atoms with Crippen molar-refractivity contribution in [1.29, 1.82) is 0 Å². The second-order valence-electron chi connectivity index (χ2n) is 7.92. The van der Waals surface area contributed by atoms with E-state index >= 15 is 4.39 Å². The fraction of sp³-hybridized carbons (Fsp3) is 0.286. The highest BCUT2D eigenvalue weighted by Crippen LogP contribution is 2.69. The van der Waals surface area contributed by atoms with Gasteiger partial charge >= 0.3 is 35.3 Å². The van der Waals surface area contributed by atoms with E-state index in [2.05, 4.69) is 0 Å². The van der Waals surface area contributed by atoms with Gasteiger partial charge in [-0.2, -0.15) is 43.9 Å². The predicted octanol–water partition coefficient (Wildman–Crippen LogP) is 5.30. The molecule has 2 aliphatic rings. The average Bonchev–Trinajstić information content (AvgIpc) is 2.80. The first-order valence-electron chi connectivity index (χ1n) is 9.51. The van der Waals surface area contributed by atoms with E-state index in [0.717, 1.165) is 23.5 Å². The fourth-order valence-electron chi connectivity index (χ4n) is 3.96. The molecule has 0 saturated heterocycles. The predicted molar refractivity (Wildman–Crippen MR) is 97.0 cm³/mol. The molecule has 1 fully saturated rings. The summed E-state index contributed by atoms with van der Waals surface area (Å²) in [6.45, 7) is 0. The van der Waals surface area contributed by atoms with Crippen molar-refractivity contribution in [2.45, 2.75) is 35.3 Å². The van der Waals surface area contributed by atoms with Gasteiger partial charge in [-0.1, -0.05) is 36.4 Å². The molecule has 192 valence electrons. The summed E-state index contributed by atoms with van der Waals surface area (Å²) in [7, 11) is 0. The third-order valence-electron chi connectivity index (χ3n) is 5.96. The summed E-state index contributed by atoms with van der Waals surface area (Å²) in [5.41, 5.74) is -10.1. The lowest BCUT2D eigenvalue weighted by atomic mass is 9.71. The monoisotopic (exact) mass is 531 g/mol. The third-order valence-corrected chi connectivity index (χ3v) is 5.96. The molecular formula is C21H8F11NO3. The Bertz CT molecular complexity index is 1310. The van der Waals surface area contributed by atoms with Crippen LogP contribution in [0, 0.1) is 0 Å². The summed E-state index contributed by atoms with van der Waals surface area (Å²) in [6.07, 6.45) is 0. The fourth-order valence-corrected chi connectivity index (χ4v) is 3.96. The number of carbonyl (C=O) groups is 3. The third kappa shape index (κ3) is 2.57. The molecule has 0 aromatic heterocycles. The summed E-state index contributed by atoms with van der Waals surface area (Å²) >= 11 is 0. The normalized spacial score (nSPS) is 23.9. The van der Waals surface area contributed by atoms with Crippen LogP contribution in [0.15, 0.2) is 42.5 Å².